The lowest BCUT2D eigenvalue weighted by Crippen LogP contribution is -2.39. The fraction of sp³-hybridized carbons (Fsp3) is 0.350. The number of ether oxygens (including phenoxy) is 2. The van der Waals surface area contributed by atoms with Crippen LogP contribution >= 0.6 is 0 Å². The summed E-state index contributed by atoms with van der Waals surface area (Å²) in [5, 5.41) is 9.66. The number of aliphatic carboxylic acids is 1. The van der Waals surface area contributed by atoms with Crippen LogP contribution in [-0.4, -0.2) is 31.4 Å². The maximum absolute atomic E-state index is 11.8. The third-order valence-corrected chi connectivity index (χ3v) is 4.82. The van der Waals surface area contributed by atoms with Crippen LogP contribution in [0.15, 0.2) is 48.5 Å². The van der Waals surface area contributed by atoms with Crippen LogP contribution < -0.4 is 4.74 Å². The number of hydrogen-bond donors (Lipinski definition) is 1. The highest BCUT2D eigenvalue weighted by Gasteiger charge is 2.40. The van der Waals surface area contributed by atoms with Crippen LogP contribution in [0.2, 0.25) is 0 Å². The van der Waals surface area contributed by atoms with Crippen molar-refractivity contribution in [2.24, 2.45) is 5.41 Å². The van der Waals surface area contributed by atoms with Crippen molar-refractivity contribution in [1.29, 1.82) is 0 Å². The molecule has 126 valence electrons. The van der Waals surface area contributed by atoms with E-state index in [2.05, 4.69) is 0 Å². The molecule has 0 atom stereocenters. The van der Waals surface area contributed by atoms with E-state index in [-0.39, 0.29) is 0 Å². The SMILES string of the molecule is COc1ccc(-c2ccc(CC3(C(=O)O)CCOCC3)cc2)cc1. The Morgan fingerprint density at radius 3 is 2.08 bits per heavy atom. The Balaban J connectivity index is 1.77. The molecule has 0 aliphatic carbocycles. The van der Waals surface area contributed by atoms with Gasteiger partial charge in [0.2, 0.25) is 0 Å². The molecule has 2 aromatic rings. The van der Waals surface area contributed by atoms with E-state index in [1.807, 2.05) is 48.5 Å². The predicted molar refractivity (Wildman–Crippen MR) is 92.3 cm³/mol. The summed E-state index contributed by atoms with van der Waals surface area (Å²) in [5.41, 5.74) is 2.58. The topological polar surface area (TPSA) is 55.8 Å². The molecule has 1 N–H and O–H groups in total. The Morgan fingerprint density at radius 1 is 1.04 bits per heavy atom. The fourth-order valence-electron chi connectivity index (χ4n) is 3.22. The summed E-state index contributed by atoms with van der Waals surface area (Å²) in [7, 11) is 1.65. The van der Waals surface area contributed by atoms with Gasteiger partial charge in [-0.15, -0.1) is 0 Å². The van der Waals surface area contributed by atoms with Gasteiger partial charge in [0, 0.05) is 13.2 Å². The van der Waals surface area contributed by atoms with Gasteiger partial charge >= 0.3 is 5.97 Å². The van der Waals surface area contributed by atoms with Crippen molar-refractivity contribution in [2.75, 3.05) is 20.3 Å². The smallest absolute Gasteiger partial charge is 0.310 e. The second-order valence-electron chi connectivity index (χ2n) is 6.30. The first-order chi connectivity index (χ1) is 11.6. The Kier molecular flexibility index (Phi) is 4.86. The highest BCUT2D eigenvalue weighted by Crippen LogP contribution is 2.35. The molecule has 2 aromatic carbocycles. The van der Waals surface area contributed by atoms with Gasteiger partial charge in [-0.1, -0.05) is 36.4 Å². The van der Waals surface area contributed by atoms with Gasteiger partial charge in [-0.2, -0.15) is 0 Å². The molecule has 0 amide bonds. The van der Waals surface area contributed by atoms with E-state index in [4.69, 9.17) is 9.47 Å². The van der Waals surface area contributed by atoms with Crippen LogP contribution in [0.25, 0.3) is 11.1 Å². The third-order valence-electron chi connectivity index (χ3n) is 4.82. The second-order valence-corrected chi connectivity index (χ2v) is 6.30. The number of carboxylic acids is 1. The molecular formula is C20H22O4. The van der Waals surface area contributed by atoms with E-state index in [1.165, 1.54) is 0 Å². The number of carboxylic acid groups (broad SMARTS) is 1. The van der Waals surface area contributed by atoms with Crippen LogP contribution in [0.3, 0.4) is 0 Å². The van der Waals surface area contributed by atoms with Crippen molar-refractivity contribution < 1.29 is 19.4 Å². The first-order valence-electron chi connectivity index (χ1n) is 8.17. The van der Waals surface area contributed by atoms with Crippen LogP contribution in [0, 0.1) is 5.41 Å². The molecule has 0 bridgehead atoms. The van der Waals surface area contributed by atoms with E-state index < -0.39 is 11.4 Å². The van der Waals surface area contributed by atoms with Crippen LogP contribution in [0.1, 0.15) is 18.4 Å². The highest BCUT2D eigenvalue weighted by atomic mass is 16.5. The van der Waals surface area contributed by atoms with Gasteiger partial charge in [0.1, 0.15) is 5.75 Å². The molecule has 1 fully saturated rings. The van der Waals surface area contributed by atoms with Crippen molar-refractivity contribution in [3.8, 4) is 16.9 Å². The zero-order chi connectivity index (χ0) is 17.0. The molecular weight excluding hydrogens is 304 g/mol. The Bertz CT molecular complexity index is 683. The van der Waals surface area contributed by atoms with Crippen molar-refractivity contribution >= 4 is 5.97 Å². The van der Waals surface area contributed by atoms with Gasteiger partial charge in [-0.3, -0.25) is 4.79 Å². The number of rotatable bonds is 5. The Labute approximate surface area is 142 Å². The molecule has 0 aromatic heterocycles. The summed E-state index contributed by atoms with van der Waals surface area (Å²) in [6.07, 6.45) is 1.69. The summed E-state index contributed by atoms with van der Waals surface area (Å²) < 4.78 is 10.5. The maximum Gasteiger partial charge on any atom is 0.310 e. The highest BCUT2D eigenvalue weighted by molar-refractivity contribution is 5.75. The zero-order valence-electron chi connectivity index (χ0n) is 13.8. The van der Waals surface area contributed by atoms with Crippen molar-refractivity contribution in [3.05, 3.63) is 54.1 Å². The van der Waals surface area contributed by atoms with E-state index in [0.29, 0.717) is 32.5 Å². The number of benzene rings is 2. The normalized spacial score (nSPS) is 16.5. The Hall–Kier alpha value is -2.33. The van der Waals surface area contributed by atoms with Crippen LogP contribution in [0.5, 0.6) is 5.75 Å². The molecule has 0 radical (unpaired) electrons. The third kappa shape index (κ3) is 3.44. The number of carbonyl (C=O) groups is 1. The quantitative estimate of drug-likeness (QED) is 0.908. The van der Waals surface area contributed by atoms with Crippen molar-refractivity contribution in [2.45, 2.75) is 19.3 Å². The standard InChI is InChI=1S/C20H22O4/c1-23-18-8-6-17(7-9-18)16-4-2-15(3-5-16)14-20(19(21)22)10-12-24-13-11-20/h2-9H,10-14H2,1H3,(H,21,22). The van der Waals surface area contributed by atoms with Gasteiger partial charge in [0.15, 0.2) is 0 Å². The fourth-order valence-corrected chi connectivity index (χ4v) is 3.22. The Morgan fingerprint density at radius 2 is 1.58 bits per heavy atom. The van der Waals surface area contributed by atoms with Gasteiger partial charge < -0.3 is 14.6 Å². The molecule has 1 heterocycles. The van der Waals surface area contributed by atoms with Gasteiger partial charge in [0.05, 0.1) is 12.5 Å². The van der Waals surface area contributed by atoms with Gasteiger partial charge in [-0.25, -0.2) is 0 Å². The summed E-state index contributed by atoms with van der Waals surface area (Å²) in [4.78, 5) is 11.8. The number of methoxy groups -OCH3 is 1. The van der Waals surface area contributed by atoms with Gasteiger partial charge in [-0.05, 0) is 48.1 Å². The molecule has 0 spiro atoms. The minimum Gasteiger partial charge on any atom is -0.497 e. The molecule has 1 aliphatic rings. The summed E-state index contributed by atoms with van der Waals surface area (Å²) in [5.74, 6) is 0.114. The molecule has 0 unspecified atom stereocenters. The molecule has 24 heavy (non-hydrogen) atoms. The first-order valence-corrected chi connectivity index (χ1v) is 8.17. The lowest BCUT2D eigenvalue weighted by Gasteiger charge is -2.33. The first kappa shape index (κ1) is 16.5. The second kappa shape index (κ2) is 7.05. The summed E-state index contributed by atoms with van der Waals surface area (Å²) >= 11 is 0. The van der Waals surface area contributed by atoms with Crippen LogP contribution in [-0.2, 0) is 16.0 Å². The lowest BCUT2D eigenvalue weighted by atomic mass is 9.75. The molecule has 0 saturated carbocycles. The number of hydrogen-bond acceptors (Lipinski definition) is 3. The van der Waals surface area contributed by atoms with E-state index >= 15 is 0 Å². The largest absolute Gasteiger partial charge is 0.497 e. The monoisotopic (exact) mass is 326 g/mol. The predicted octanol–water partition coefficient (Wildman–Crippen LogP) is 3.79. The molecule has 3 rings (SSSR count). The minimum atomic E-state index is -0.718. The molecule has 4 nitrogen and oxygen atoms in total. The van der Waals surface area contributed by atoms with E-state index in [9.17, 15) is 9.90 Å². The lowest BCUT2D eigenvalue weighted by molar-refractivity contribution is -0.154. The average Bonchev–Trinajstić information content (AvgIpc) is 2.63. The summed E-state index contributed by atoms with van der Waals surface area (Å²) in [6.45, 7) is 1.05. The molecule has 1 aliphatic heterocycles. The van der Waals surface area contributed by atoms with Crippen molar-refractivity contribution in [3.63, 3.8) is 0 Å². The van der Waals surface area contributed by atoms with Crippen molar-refractivity contribution in [1.82, 2.24) is 0 Å². The molecule has 1 saturated heterocycles. The average molecular weight is 326 g/mol. The minimum absolute atomic E-state index is 0.524. The molecule has 4 heteroatoms. The van der Waals surface area contributed by atoms with E-state index in [0.717, 1.165) is 22.4 Å². The van der Waals surface area contributed by atoms with Crippen LogP contribution in [0.4, 0.5) is 0 Å². The maximum atomic E-state index is 11.8. The summed E-state index contributed by atoms with van der Waals surface area (Å²) in [6, 6.07) is 16.1. The van der Waals surface area contributed by atoms with E-state index in [1.54, 1.807) is 7.11 Å². The zero-order valence-corrected chi connectivity index (χ0v) is 13.8. The van der Waals surface area contributed by atoms with Gasteiger partial charge in [0.25, 0.3) is 0 Å².